The second-order valence-electron chi connectivity index (χ2n) is 4.56. The Kier molecular flexibility index (Phi) is 6.04. The lowest BCUT2D eigenvalue weighted by molar-refractivity contribution is 0.114. The summed E-state index contributed by atoms with van der Waals surface area (Å²) in [6.45, 7) is 1.43. The van der Waals surface area contributed by atoms with E-state index in [1.807, 2.05) is 0 Å². The maximum Gasteiger partial charge on any atom is 0.337 e. The molecule has 0 radical (unpaired) electrons. The van der Waals surface area contributed by atoms with E-state index in [9.17, 15) is 4.79 Å². The summed E-state index contributed by atoms with van der Waals surface area (Å²) in [7, 11) is 0. The van der Waals surface area contributed by atoms with E-state index in [1.165, 1.54) is 0 Å². The number of benzene rings is 1. The Labute approximate surface area is 133 Å². The predicted molar refractivity (Wildman–Crippen MR) is 86.3 cm³/mol. The lowest BCUT2D eigenvalue weighted by atomic mass is 10.2. The van der Waals surface area contributed by atoms with E-state index in [2.05, 4.69) is 21.5 Å². The van der Waals surface area contributed by atoms with Crippen molar-refractivity contribution in [2.75, 3.05) is 18.5 Å². The first kappa shape index (κ1) is 15.8. The monoisotopic (exact) mass is 328 g/mol. The summed E-state index contributed by atoms with van der Waals surface area (Å²) in [5.41, 5.74) is 5.69. The number of hydrazine groups is 1. The molecule has 1 fully saturated rings. The maximum absolute atomic E-state index is 11.6. The number of halogens is 1. The van der Waals surface area contributed by atoms with E-state index < -0.39 is 6.03 Å². The molecule has 8 heteroatoms. The molecule has 1 heterocycles. The topological polar surface area (TPSA) is 74.4 Å². The van der Waals surface area contributed by atoms with Crippen molar-refractivity contribution in [1.82, 2.24) is 16.2 Å². The first-order valence-electron chi connectivity index (χ1n) is 6.61. The molecule has 2 rings (SSSR count). The minimum atomic E-state index is -0.418. The van der Waals surface area contributed by atoms with Crippen molar-refractivity contribution in [3.05, 3.63) is 29.3 Å². The first-order valence-corrected chi connectivity index (χ1v) is 7.40. The highest BCUT2D eigenvalue weighted by molar-refractivity contribution is 7.80. The fourth-order valence-electron chi connectivity index (χ4n) is 1.87. The molecule has 1 atom stereocenters. The molecule has 0 aromatic heterocycles. The molecule has 1 aliphatic heterocycles. The number of thiocarbonyl (C=S) groups is 1. The highest BCUT2D eigenvalue weighted by Crippen LogP contribution is 2.13. The normalized spacial score (nSPS) is 17.1. The van der Waals surface area contributed by atoms with Crippen LogP contribution in [0.3, 0.4) is 0 Å². The molecule has 0 bridgehead atoms. The molecule has 1 saturated heterocycles. The Bertz CT molecular complexity index is 491. The molecular weight excluding hydrogens is 312 g/mol. The summed E-state index contributed by atoms with van der Waals surface area (Å²) in [6.07, 6.45) is 2.29. The van der Waals surface area contributed by atoms with Crippen molar-refractivity contribution in [1.29, 1.82) is 0 Å². The Hall–Kier alpha value is -1.57. The predicted octanol–water partition coefficient (Wildman–Crippen LogP) is 2.02. The van der Waals surface area contributed by atoms with Crippen LogP contribution in [0.15, 0.2) is 24.3 Å². The van der Waals surface area contributed by atoms with E-state index in [0.717, 1.165) is 19.4 Å². The second-order valence-corrected chi connectivity index (χ2v) is 5.40. The third kappa shape index (κ3) is 5.74. The van der Waals surface area contributed by atoms with Crippen LogP contribution in [0.1, 0.15) is 12.8 Å². The molecule has 1 aromatic rings. The Morgan fingerprint density at radius 1 is 1.33 bits per heavy atom. The number of urea groups is 1. The minimum absolute atomic E-state index is 0.188. The van der Waals surface area contributed by atoms with Gasteiger partial charge < -0.3 is 15.4 Å². The molecule has 1 aromatic carbocycles. The number of hydrogen-bond acceptors (Lipinski definition) is 3. The van der Waals surface area contributed by atoms with Gasteiger partial charge in [0.05, 0.1) is 6.10 Å². The molecule has 2 amide bonds. The Morgan fingerprint density at radius 3 is 2.76 bits per heavy atom. The lowest BCUT2D eigenvalue weighted by Gasteiger charge is -2.14. The van der Waals surface area contributed by atoms with Gasteiger partial charge in [-0.1, -0.05) is 11.6 Å². The van der Waals surface area contributed by atoms with E-state index in [4.69, 9.17) is 28.6 Å². The van der Waals surface area contributed by atoms with Crippen molar-refractivity contribution in [3.8, 4) is 0 Å². The largest absolute Gasteiger partial charge is 0.376 e. The van der Waals surface area contributed by atoms with Gasteiger partial charge in [-0.25, -0.2) is 10.2 Å². The Morgan fingerprint density at radius 2 is 2.10 bits per heavy atom. The summed E-state index contributed by atoms with van der Waals surface area (Å²) in [4.78, 5) is 11.6. The van der Waals surface area contributed by atoms with Gasteiger partial charge in [0.2, 0.25) is 0 Å². The first-order chi connectivity index (χ1) is 10.1. The Balaban J connectivity index is 1.63. The second kappa shape index (κ2) is 8.02. The molecule has 6 nitrogen and oxygen atoms in total. The smallest absolute Gasteiger partial charge is 0.337 e. The van der Waals surface area contributed by atoms with Crippen LogP contribution in [-0.4, -0.2) is 30.4 Å². The van der Waals surface area contributed by atoms with E-state index in [0.29, 0.717) is 22.4 Å². The van der Waals surface area contributed by atoms with Crippen molar-refractivity contribution in [3.63, 3.8) is 0 Å². The summed E-state index contributed by atoms with van der Waals surface area (Å²) in [6, 6.07) is 6.38. The van der Waals surface area contributed by atoms with Gasteiger partial charge in [-0.05, 0) is 49.3 Å². The zero-order chi connectivity index (χ0) is 15.1. The number of carbonyl (C=O) groups excluding carboxylic acids is 1. The van der Waals surface area contributed by atoms with Gasteiger partial charge in [0, 0.05) is 23.9 Å². The molecule has 0 spiro atoms. The molecule has 0 unspecified atom stereocenters. The van der Waals surface area contributed by atoms with Crippen molar-refractivity contribution in [2.24, 2.45) is 0 Å². The van der Waals surface area contributed by atoms with Crippen LogP contribution < -0.4 is 21.5 Å². The van der Waals surface area contributed by atoms with Crippen LogP contribution in [0.4, 0.5) is 10.5 Å². The number of rotatable bonds is 3. The fourth-order valence-corrected chi connectivity index (χ4v) is 2.13. The number of ether oxygens (including phenoxy) is 1. The van der Waals surface area contributed by atoms with Gasteiger partial charge in [-0.3, -0.25) is 5.43 Å². The number of hydrogen-bond donors (Lipinski definition) is 4. The van der Waals surface area contributed by atoms with Crippen LogP contribution in [0.25, 0.3) is 0 Å². The van der Waals surface area contributed by atoms with E-state index in [1.54, 1.807) is 24.3 Å². The number of amides is 2. The van der Waals surface area contributed by atoms with E-state index in [-0.39, 0.29) is 6.10 Å². The van der Waals surface area contributed by atoms with Gasteiger partial charge in [-0.15, -0.1) is 0 Å². The molecule has 1 aliphatic rings. The van der Waals surface area contributed by atoms with Crippen LogP contribution in [-0.2, 0) is 4.74 Å². The van der Waals surface area contributed by atoms with Gasteiger partial charge >= 0.3 is 6.03 Å². The maximum atomic E-state index is 11.6. The van der Waals surface area contributed by atoms with Crippen LogP contribution in [0, 0.1) is 0 Å². The summed E-state index contributed by atoms with van der Waals surface area (Å²) >= 11 is 10.8. The van der Waals surface area contributed by atoms with Crippen molar-refractivity contribution < 1.29 is 9.53 Å². The number of carbonyl (C=O) groups is 1. The summed E-state index contributed by atoms with van der Waals surface area (Å²) < 4.78 is 5.46. The number of anilines is 1. The zero-order valence-corrected chi connectivity index (χ0v) is 12.9. The van der Waals surface area contributed by atoms with Crippen LogP contribution in [0.2, 0.25) is 5.02 Å². The summed E-state index contributed by atoms with van der Waals surface area (Å²) in [5.74, 6) is 0. The molecular formula is C13H17ClN4O2S. The van der Waals surface area contributed by atoms with Crippen molar-refractivity contribution >= 4 is 40.6 Å². The van der Waals surface area contributed by atoms with Gasteiger partial charge in [0.25, 0.3) is 0 Å². The number of nitrogens with one attached hydrogen (secondary N) is 4. The third-order valence-electron chi connectivity index (χ3n) is 2.91. The third-order valence-corrected chi connectivity index (χ3v) is 3.40. The highest BCUT2D eigenvalue weighted by atomic mass is 35.5. The average molecular weight is 329 g/mol. The van der Waals surface area contributed by atoms with Crippen LogP contribution in [0.5, 0.6) is 0 Å². The SMILES string of the molecule is O=C(NNC(=S)NC[C@H]1CCCO1)Nc1ccc(Cl)cc1. The van der Waals surface area contributed by atoms with Gasteiger partial charge in [0.1, 0.15) is 0 Å². The summed E-state index contributed by atoms with van der Waals surface area (Å²) in [5, 5.41) is 6.58. The van der Waals surface area contributed by atoms with Gasteiger partial charge in [0.15, 0.2) is 5.11 Å². The highest BCUT2D eigenvalue weighted by Gasteiger charge is 2.15. The fraction of sp³-hybridized carbons (Fsp3) is 0.385. The zero-order valence-electron chi connectivity index (χ0n) is 11.3. The molecule has 4 N–H and O–H groups in total. The van der Waals surface area contributed by atoms with Crippen LogP contribution >= 0.6 is 23.8 Å². The quantitative estimate of drug-likeness (QED) is 0.504. The standard InChI is InChI=1S/C13H17ClN4O2S/c14-9-3-5-10(6-4-9)16-12(19)17-18-13(21)15-8-11-2-1-7-20-11/h3-6,11H,1-2,7-8H2,(H2,15,18,21)(H2,16,17,19)/t11-/m1/s1. The molecule has 21 heavy (non-hydrogen) atoms. The lowest BCUT2D eigenvalue weighted by Crippen LogP contribution is -2.49. The minimum Gasteiger partial charge on any atom is -0.376 e. The van der Waals surface area contributed by atoms with E-state index >= 15 is 0 Å². The van der Waals surface area contributed by atoms with Crippen molar-refractivity contribution in [2.45, 2.75) is 18.9 Å². The average Bonchev–Trinajstić information content (AvgIpc) is 2.99. The van der Waals surface area contributed by atoms with Gasteiger partial charge in [-0.2, -0.15) is 0 Å². The molecule has 114 valence electrons. The molecule has 0 saturated carbocycles. The molecule has 0 aliphatic carbocycles.